The Morgan fingerprint density at radius 3 is 2.50 bits per heavy atom. The van der Waals surface area contributed by atoms with Crippen LogP contribution in [0.5, 0.6) is 5.75 Å². The first-order chi connectivity index (χ1) is 13.2. The maximum absolute atomic E-state index is 12.6. The fraction of sp³-hybridized carbons (Fsp3) is 0.263. The fourth-order valence-corrected chi connectivity index (χ4v) is 3.93. The first-order valence-corrected chi connectivity index (χ1v) is 10.1. The summed E-state index contributed by atoms with van der Waals surface area (Å²) >= 11 is 0. The largest absolute Gasteiger partial charge is 0.497 e. The van der Waals surface area contributed by atoms with Gasteiger partial charge in [0.2, 0.25) is 21.8 Å². The second-order valence-electron chi connectivity index (χ2n) is 6.62. The quantitative estimate of drug-likeness (QED) is 0.787. The molecule has 0 aliphatic carbocycles. The molecule has 3 rings (SSSR count). The lowest BCUT2D eigenvalue weighted by atomic mass is 10.1. The van der Waals surface area contributed by atoms with Crippen LogP contribution in [0.25, 0.3) is 0 Å². The number of primary sulfonamides is 1. The third-order valence-electron chi connectivity index (χ3n) is 4.64. The van der Waals surface area contributed by atoms with E-state index in [4.69, 9.17) is 9.88 Å². The molecular formula is C19H21N3O5S. The molecule has 1 fully saturated rings. The lowest BCUT2D eigenvalue weighted by molar-refractivity contribution is -0.122. The molecule has 8 nitrogen and oxygen atoms in total. The first kappa shape index (κ1) is 19.8. The first-order valence-electron chi connectivity index (χ1n) is 8.58. The van der Waals surface area contributed by atoms with Gasteiger partial charge in [-0.1, -0.05) is 6.07 Å². The minimum atomic E-state index is -3.89. The van der Waals surface area contributed by atoms with Crippen molar-refractivity contribution >= 4 is 33.2 Å². The number of amides is 2. The number of hydrogen-bond acceptors (Lipinski definition) is 5. The molecular weight excluding hydrogens is 382 g/mol. The normalized spacial score (nSPS) is 16.9. The van der Waals surface area contributed by atoms with Crippen molar-refractivity contribution in [2.45, 2.75) is 18.2 Å². The van der Waals surface area contributed by atoms with Gasteiger partial charge in [-0.05, 0) is 48.9 Å². The van der Waals surface area contributed by atoms with E-state index in [2.05, 4.69) is 5.32 Å². The van der Waals surface area contributed by atoms with Crippen molar-refractivity contribution < 1.29 is 22.7 Å². The van der Waals surface area contributed by atoms with E-state index < -0.39 is 15.9 Å². The summed E-state index contributed by atoms with van der Waals surface area (Å²) in [5, 5.41) is 7.88. The van der Waals surface area contributed by atoms with E-state index in [1.165, 1.54) is 6.07 Å². The Morgan fingerprint density at radius 1 is 1.21 bits per heavy atom. The Hall–Kier alpha value is -2.91. The summed E-state index contributed by atoms with van der Waals surface area (Å²) < 4.78 is 28.4. The molecule has 2 aromatic carbocycles. The van der Waals surface area contributed by atoms with Crippen LogP contribution in [0.2, 0.25) is 0 Å². The summed E-state index contributed by atoms with van der Waals surface area (Å²) in [6.07, 6.45) is 0.0752. The highest BCUT2D eigenvalue weighted by molar-refractivity contribution is 7.89. The SMILES string of the molecule is COc1ccc(N2CC(C(=O)Nc3ccc(C)c(S(N)(=O)=O)c3)CC2=O)cc1. The van der Waals surface area contributed by atoms with Crippen LogP contribution in [0.1, 0.15) is 12.0 Å². The van der Waals surface area contributed by atoms with Gasteiger partial charge in [0.05, 0.1) is 17.9 Å². The molecule has 1 atom stereocenters. The molecule has 2 aromatic rings. The van der Waals surface area contributed by atoms with Crippen molar-refractivity contribution in [2.75, 3.05) is 23.9 Å². The number of nitrogens with one attached hydrogen (secondary N) is 1. The summed E-state index contributed by atoms with van der Waals surface area (Å²) in [5.74, 6) is -0.378. The van der Waals surface area contributed by atoms with Gasteiger partial charge in [-0.2, -0.15) is 0 Å². The molecule has 1 aliphatic heterocycles. The average Bonchev–Trinajstić information content (AvgIpc) is 3.04. The maximum Gasteiger partial charge on any atom is 0.238 e. The molecule has 1 heterocycles. The fourth-order valence-electron chi connectivity index (χ4n) is 3.12. The minimum absolute atomic E-state index is 0.0485. The standard InChI is InChI=1S/C19H21N3O5S/c1-12-3-4-14(10-17(12)28(20,25)26)21-19(24)13-9-18(23)22(11-13)15-5-7-16(27-2)8-6-15/h3-8,10,13H,9,11H2,1-2H3,(H,21,24)(H2,20,25,26). The minimum Gasteiger partial charge on any atom is -0.497 e. The molecule has 3 N–H and O–H groups in total. The Balaban J connectivity index is 1.73. The van der Waals surface area contributed by atoms with Crippen LogP contribution < -0.4 is 20.1 Å². The van der Waals surface area contributed by atoms with Gasteiger partial charge in [-0.25, -0.2) is 13.6 Å². The Bertz CT molecular complexity index is 1020. The molecule has 1 aliphatic rings. The van der Waals surface area contributed by atoms with E-state index in [1.54, 1.807) is 55.3 Å². The summed E-state index contributed by atoms with van der Waals surface area (Å²) in [6.45, 7) is 1.86. The van der Waals surface area contributed by atoms with E-state index in [-0.39, 0.29) is 29.7 Å². The van der Waals surface area contributed by atoms with Gasteiger partial charge in [0, 0.05) is 24.3 Å². The second-order valence-corrected chi connectivity index (χ2v) is 8.15. The number of carbonyl (C=O) groups is 2. The third-order valence-corrected chi connectivity index (χ3v) is 5.70. The van der Waals surface area contributed by atoms with Crippen LogP contribution in [0, 0.1) is 12.8 Å². The van der Waals surface area contributed by atoms with Crippen LogP contribution >= 0.6 is 0 Å². The molecule has 0 aromatic heterocycles. The number of anilines is 2. The van der Waals surface area contributed by atoms with Gasteiger partial charge in [-0.3, -0.25) is 9.59 Å². The molecule has 0 bridgehead atoms. The molecule has 0 saturated carbocycles. The van der Waals surface area contributed by atoms with E-state index >= 15 is 0 Å². The highest BCUT2D eigenvalue weighted by Gasteiger charge is 2.35. The number of methoxy groups -OCH3 is 1. The van der Waals surface area contributed by atoms with E-state index in [1.807, 2.05) is 0 Å². The lowest BCUT2D eigenvalue weighted by Crippen LogP contribution is -2.28. The number of sulfonamides is 1. The van der Waals surface area contributed by atoms with Gasteiger partial charge in [-0.15, -0.1) is 0 Å². The van der Waals surface area contributed by atoms with Crippen molar-refractivity contribution in [3.8, 4) is 5.75 Å². The van der Waals surface area contributed by atoms with Gasteiger partial charge < -0.3 is 15.0 Å². The molecule has 148 valence electrons. The van der Waals surface area contributed by atoms with Crippen molar-refractivity contribution in [2.24, 2.45) is 11.1 Å². The predicted molar refractivity (Wildman–Crippen MR) is 105 cm³/mol. The van der Waals surface area contributed by atoms with Crippen molar-refractivity contribution in [3.05, 3.63) is 48.0 Å². The number of ether oxygens (including phenoxy) is 1. The number of nitrogens with two attached hydrogens (primary N) is 1. The van der Waals surface area contributed by atoms with Gasteiger partial charge in [0.25, 0.3) is 0 Å². The molecule has 2 amide bonds. The third kappa shape index (κ3) is 4.15. The molecule has 9 heteroatoms. The monoisotopic (exact) mass is 403 g/mol. The van der Waals surface area contributed by atoms with Crippen LogP contribution in [-0.2, 0) is 19.6 Å². The van der Waals surface area contributed by atoms with Crippen LogP contribution in [0.15, 0.2) is 47.4 Å². The zero-order chi connectivity index (χ0) is 20.5. The smallest absolute Gasteiger partial charge is 0.238 e. The predicted octanol–water partition coefficient (Wildman–Crippen LogP) is 1.64. The molecule has 0 spiro atoms. The van der Waals surface area contributed by atoms with E-state index in [0.29, 0.717) is 22.7 Å². The second kappa shape index (κ2) is 7.61. The van der Waals surface area contributed by atoms with Crippen molar-refractivity contribution in [1.29, 1.82) is 0 Å². The Morgan fingerprint density at radius 2 is 1.89 bits per heavy atom. The van der Waals surface area contributed by atoms with Gasteiger partial charge >= 0.3 is 0 Å². The summed E-state index contributed by atoms with van der Waals surface area (Å²) in [5.41, 5.74) is 1.49. The summed E-state index contributed by atoms with van der Waals surface area (Å²) in [6, 6.07) is 11.5. The zero-order valence-electron chi connectivity index (χ0n) is 15.5. The highest BCUT2D eigenvalue weighted by atomic mass is 32.2. The Labute approximate surface area is 163 Å². The van der Waals surface area contributed by atoms with Crippen LogP contribution in [0.3, 0.4) is 0 Å². The maximum atomic E-state index is 12.6. The number of carbonyl (C=O) groups excluding carboxylic acids is 2. The highest BCUT2D eigenvalue weighted by Crippen LogP contribution is 2.28. The molecule has 0 radical (unpaired) electrons. The molecule has 1 unspecified atom stereocenters. The zero-order valence-corrected chi connectivity index (χ0v) is 16.3. The van der Waals surface area contributed by atoms with Crippen LogP contribution in [0.4, 0.5) is 11.4 Å². The number of rotatable bonds is 5. The van der Waals surface area contributed by atoms with E-state index in [9.17, 15) is 18.0 Å². The lowest BCUT2D eigenvalue weighted by Gasteiger charge is -2.17. The van der Waals surface area contributed by atoms with E-state index in [0.717, 1.165) is 0 Å². The molecule has 1 saturated heterocycles. The number of aryl methyl sites for hydroxylation is 1. The van der Waals surface area contributed by atoms with Crippen molar-refractivity contribution in [3.63, 3.8) is 0 Å². The number of nitrogens with zero attached hydrogens (tertiary/aromatic N) is 1. The molecule has 28 heavy (non-hydrogen) atoms. The number of benzene rings is 2. The topological polar surface area (TPSA) is 119 Å². The Kier molecular flexibility index (Phi) is 5.39. The van der Waals surface area contributed by atoms with Crippen molar-refractivity contribution in [1.82, 2.24) is 0 Å². The summed E-state index contributed by atoms with van der Waals surface area (Å²) in [4.78, 5) is 26.4. The summed E-state index contributed by atoms with van der Waals surface area (Å²) in [7, 11) is -2.34. The van der Waals surface area contributed by atoms with Crippen LogP contribution in [-0.4, -0.2) is 33.9 Å². The van der Waals surface area contributed by atoms with Gasteiger partial charge in [0.1, 0.15) is 5.75 Å². The van der Waals surface area contributed by atoms with Gasteiger partial charge in [0.15, 0.2) is 0 Å². The average molecular weight is 403 g/mol. The number of hydrogen-bond donors (Lipinski definition) is 2.